The Morgan fingerprint density at radius 1 is 1.35 bits per heavy atom. The van der Waals surface area contributed by atoms with E-state index in [0.717, 1.165) is 12.0 Å². The molecule has 1 aliphatic rings. The van der Waals surface area contributed by atoms with Gasteiger partial charge in [-0.2, -0.15) is 0 Å². The molecule has 0 aliphatic heterocycles. The Hall–Kier alpha value is -1.40. The van der Waals surface area contributed by atoms with Crippen LogP contribution in [0.1, 0.15) is 32.3 Å². The summed E-state index contributed by atoms with van der Waals surface area (Å²) in [5, 5.41) is 8.61. The van der Waals surface area contributed by atoms with Gasteiger partial charge in [0, 0.05) is 12.5 Å². The molecule has 0 aromatic heterocycles. The standard InChI is InChI=1S/C14H19NO4S/c1-14(2)9-12(14)15-20(18,19)11-6-3-10(4-7-11)5-8-13(16)17/h3-4,6-7,12,15H,5,8-9H2,1-2H3,(H,16,17). The van der Waals surface area contributed by atoms with E-state index < -0.39 is 16.0 Å². The molecule has 1 fully saturated rings. The predicted molar refractivity (Wildman–Crippen MR) is 74.9 cm³/mol. The van der Waals surface area contributed by atoms with Crippen LogP contribution in [0.15, 0.2) is 29.2 Å². The molecule has 5 nitrogen and oxygen atoms in total. The molecule has 1 unspecified atom stereocenters. The summed E-state index contributed by atoms with van der Waals surface area (Å²) in [6.07, 6.45) is 1.29. The number of hydrogen-bond donors (Lipinski definition) is 2. The molecule has 20 heavy (non-hydrogen) atoms. The SMILES string of the molecule is CC1(C)CC1NS(=O)(=O)c1ccc(CCC(=O)O)cc1. The third-order valence-corrected chi connectivity index (χ3v) is 5.16. The third-order valence-electron chi connectivity index (χ3n) is 3.67. The van der Waals surface area contributed by atoms with E-state index in [1.807, 2.05) is 13.8 Å². The Morgan fingerprint density at radius 2 is 1.90 bits per heavy atom. The number of aryl methyl sites for hydroxylation is 1. The number of aliphatic carboxylic acids is 1. The van der Waals surface area contributed by atoms with Crippen LogP contribution in [0.2, 0.25) is 0 Å². The van der Waals surface area contributed by atoms with Gasteiger partial charge in [0.15, 0.2) is 0 Å². The average molecular weight is 297 g/mol. The molecule has 1 saturated carbocycles. The van der Waals surface area contributed by atoms with Crippen LogP contribution >= 0.6 is 0 Å². The highest BCUT2D eigenvalue weighted by Crippen LogP contribution is 2.45. The molecule has 0 saturated heterocycles. The van der Waals surface area contributed by atoms with Gasteiger partial charge in [0.25, 0.3) is 0 Å². The van der Waals surface area contributed by atoms with Crippen LogP contribution in [0.25, 0.3) is 0 Å². The minimum Gasteiger partial charge on any atom is -0.481 e. The zero-order chi connectivity index (χ0) is 15.0. The normalized spacial score (nSPS) is 20.6. The van der Waals surface area contributed by atoms with Crippen LogP contribution in [0.4, 0.5) is 0 Å². The van der Waals surface area contributed by atoms with Crippen molar-refractivity contribution in [3.8, 4) is 0 Å². The van der Waals surface area contributed by atoms with E-state index in [1.54, 1.807) is 12.1 Å². The lowest BCUT2D eigenvalue weighted by atomic mass is 10.1. The molecule has 6 heteroatoms. The van der Waals surface area contributed by atoms with Crippen molar-refractivity contribution in [2.45, 2.75) is 44.0 Å². The molecule has 0 heterocycles. The number of hydrogen-bond acceptors (Lipinski definition) is 3. The van der Waals surface area contributed by atoms with Crippen LogP contribution in [-0.4, -0.2) is 25.5 Å². The number of rotatable bonds is 6. The maximum atomic E-state index is 12.1. The summed E-state index contributed by atoms with van der Waals surface area (Å²) < 4.78 is 27.0. The average Bonchev–Trinajstić information content (AvgIpc) is 2.93. The van der Waals surface area contributed by atoms with Gasteiger partial charge in [-0.25, -0.2) is 13.1 Å². The molecule has 1 aromatic rings. The van der Waals surface area contributed by atoms with Gasteiger partial charge in [0.2, 0.25) is 10.0 Å². The van der Waals surface area contributed by atoms with E-state index in [-0.39, 0.29) is 22.8 Å². The first-order chi connectivity index (χ1) is 9.21. The lowest BCUT2D eigenvalue weighted by molar-refractivity contribution is -0.136. The largest absolute Gasteiger partial charge is 0.481 e. The summed E-state index contributed by atoms with van der Waals surface area (Å²) in [6.45, 7) is 4.05. The first-order valence-electron chi connectivity index (χ1n) is 6.54. The minimum atomic E-state index is -3.48. The van der Waals surface area contributed by atoms with Gasteiger partial charge in [-0.3, -0.25) is 4.79 Å². The number of carboxylic acid groups (broad SMARTS) is 1. The van der Waals surface area contributed by atoms with E-state index in [9.17, 15) is 13.2 Å². The molecule has 1 aromatic carbocycles. The Morgan fingerprint density at radius 3 is 2.35 bits per heavy atom. The van der Waals surface area contributed by atoms with Crippen molar-refractivity contribution < 1.29 is 18.3 Å². The van der Waals surface area contributed by atoms with Gasteiger partial charge in [0.1, 0.15) is 0 Å². The summed E-state index contributed by atoms with van der Waals surface area (Å²) >= 11 is 0. The Balaban J connectivity index is 2.03. The highest BCUT2D eigenvalue weighted by Gasteiger charge is 2.47. The molecule has 0 radical (unpaired) electrons. The summed E-state index contributed by atoms with van der Waals surface area (Å²) in [5.41, 5.74) is 0.854. The molecule has 0 spiro atoms. The maximum absolute atomic E-state index is 12.1. The topological polar surface area (TPSA) is 83.5 Å². The van der Waals surface area contributed by atoms with Gasteiger partial charge in [-0.05, 0) is 36.0 Å². The number of carbonyl (C=O) groups is 1. The molecule has 1 atom stereocenters. The quantitative estimate of drug-likeness (QED) is 0.838. The van der Waals surface area contributed by atoms with Crippen molar-refractivity contribution in [3.63, 3.8) is 0 Å². The molecule has 0 bridgehead atoms. The number of sulfonamides is 1. The van der Waals surface area contributed by atoms with Crippen LogP contribution in [0.5, 0.6) is 0 Å². The Kier molecular flexibility index (Phi) is 3.88. The lowest BCUT2D eigenvalue weighted by Gasteiger charge is -2.08. The van der Waals surface area contributed by atoms with Crippen molar-refractivity contribution in [2.24, 2.45) is 5.41 Å². The molecular weight excluding hydrogens is 278 g/mol. The fraction of sp³-hybridized carbons (Fsp3) is 0.500. The van der Waals surface area contributed by atoms with E-state index in [0.29, 0.717) is 6.42 Å². The van der Waals surface area contributed by atoms with E-state index in [4.69, 9.17) is 5.11 Å². The summed E-state index contributed by atoms with van der Waals surface area (Å²) in [6, 6.07) is 6.37. The van der Waals surface area contributed by atoms with Crippen molar-refractivity contribution in [3.05, 3.63) is 29.8 Å². The lowest BCUT2D eigenvalue weighted by Crippen LogP contribution is -2.28. The fourth-order valence-corrected chi connectivity index (χ4v) is 3.42. The highest BCUT2D eigenvalue weighted by atomic mass is 32.2. The van der Waals surface area contributed by atoms with Crippen molar-refractivity contribution >= 4 is 16.0 Å². The van der Waals surface area contributed by atoms with Crippen LogP contribution in [-0.2, 0) is 21.2 Å². The van der Waals surface area contributed by atoms with E-state index in [2.05, 4.69) is 4.72 Å². The summed E-state index contributed by atoms with van der Waals surface area (Å²) in [4.78, 5) is 10.7. The molecule has 2 N–H and O–H groups in total. The van der Waals surface area contributed by atoms with Crippen LogP contribution in [0, 0.1) is 5.41 Å². The summed E-state index contributed by atoms with van der Waals surface area (Å²) in [7, 11) is -3.48. The second kappa shape index (κ2) is 5.18. The Bertz CT molecular complexity index is 605. The van der Waals surface area contributed by atoms with Gasteiger partial charge < -0.3 is 5.11 Å². The number of nitrogens with one attached hydrogen (secondary N) is 1. The third kappa shape index (κ3) is 3.58. The highest BCUT2D eigenvalue weighted by molar-refractivity contribution is 7.89. The smallest absolute Gasteiger partial charge is 0.303 e. The monoisotopic (exact) mass is 297 g/mol. The molecule has 110 valence electrons. The maximum Gasteiger partial charge on any atom is 0.303 e. The summed E-state index contributed by atoms with van der Waals surface area (Å²) in [5.74, 6) is -0.862. The molecule has 0 amide bonds. The number of carboxylic acids is 1. The predicted octanol–water partition coefficient (Wildman–Crippen LogP) is 1.78. The molecular formula is C14H19NO4S. The van der Waals surface area contributed by atoms with Gasteiger partial charge in [-0.15, -0.1) is 0 Å². The molecule has 1 aliphatic carbocycles. The first kappa shape index (κ1) is 15.0. The first-order valence-corrected chi connectivity index (χ1v) is 8.02. The van der Waals surface area contributed by atoms with Crippen LogP contribution in [0.3, 0.4) is 0 Å². The fourth-order valence-electron chi connectivity index (χ4n) is 2.01. The van der Waals surface area contributed by atoms with Gasteiger partial charge >= 0.3 is 5.97 Å². The van der Waals surface area contributed by atoms with Crippen molar-refractivity contribution in [2.75, 3.05) is 0 Å². The zero-order valence-corrected chi connectivity index (χ0v) is 12.4. The Labute approximate surface area is 119 Å². The van der Waals surface area contributed by atoms with Gasteiger partial charge in [0.05, 0.1) is 4.90 Å². The van der Waals surface area contributed by atoms with E-state index >= 15 is 0 Å². The zero-order valence-electron chi connectivity index (χ0n) is 11.6. The van der Waals surface area contributed by atoms with Gasteiger partial charge in [-0.1, -0.05) is 26.0 Å². The molecule has 2 rings (SSSR count). The van der Waals surface area contributed by atoms with Crippen molar-refractivity contribution in [1.82, 2.24) is 4.72 Å². The second-order valence-corrected chi connectivity index (χ2v) is 7.62. The minimum absolute atomic E-state index is 0.000753. The second-order valence-electron chi connectivity index (χ2n) is 5.90. The van der Waals surface area contributed by atoms with E-state index in [1.165, 1.54) is 12.1 Å². The van der Waals surface area contributed by atoms with Crippen molar-refractivity contribution in [1.29, 1.82) is 0 Å². The van der Waals surface area contributed by atoms with Crippen LogP contribution < -0.4 is 4.72 Å². The number of benzene rings is 1.